The summed E-state index contributed by atoms with van der Waals surface area (Å²) in [6, 6.07) is 0. The van der Waals surface area contributed by atoms with Crippen LogP contribution in [-0.4, -0.2) is 69.0 Å². The molecule has 0 rings (SSSR count). The molecule has 0 aliphatic carbocycles. The van der Waals surface area contributed by atoms with Crippen LogP contribution < -0.4 is 0 Å². The number of nitrogens with zero attached hydrogens (tertiary/aromatic N) is 1. The molecular weight excluding hydrogens is 782 g/mol. The second-order valence-corrected chi connectivity index (χ2v) is 19.8. The van der Waals surface area contributed by atoms with Gasteiger partial charge in [0, 0.05) is 6.08 Å². The Bertz CT molecular complexity index is 1120. The highest BCUT2D eigenvalue weighted by Gasteiger charge is 2.26. The van der Waals surface area contributed by atoms with Crippen molar-refractivity contribution in [1.82, 2.24) is 0 Å². The van der Waals surface area contributed by atoms with Crippen molar-refractivity contribution in [1.29, 1.82) is 0 Å². The molecule has 0 aromatic carbocycles. The van der Waals surface area contributed by atoms with Gasteiger partial charge in [-0.2, -0.15) is 0 Å². The molecule has 1 unspecified atom stereocenters. The first-order valence-corrected chi connectivity index (χ1v) is 27.0. The Morgan fingerprint density at radius 3 is 1.34 bits per heavy atom. The number of phosphoric acid groups is 1. The van der Waals surface area contributed by atoms with E-state index in [-0.39, 0.29) is 19.8 Å². The topological polar surface area (TPSA) is 91.3 Å². The van der Waals surface area contributed by atoms with Crippen LogP contribution in [0.15, 0.2) is 48.8 Å². The average Bonchev–Trinajstić information content (AvgIpc) is 3.22. The second kappa shape index (κ2) is 44.9. The molecule has 0 aromatic rings. The third-order valence-corrected chi connectivity index (χ3v) is 12.1. The fourth-order valence-corrected chi connectivity index (χ4v) is 7.89. The molecule has 0 fully saturated rings. The Kier molecular flexibility index (Phi) is 43.6. The third-order valence-electron chi connectivity index (χ3n) is 11.1. The number of ether oxygens (including phenoxy) is 2. The Balaban J connectivity index is 4.31. The molecule has 0 saturated carbocycles. The van der Waals surface area contributed by atoms with Crippen LogP contribution in [0.2, 0.25) is 0 Å². The fourth-order valence-electron chi connectivity index (χ4n) is 7.14. The van der Waals surface area contributed by atoms with Crippen molar-refractivity contribution in [3.05, 3.63) is 48.8 Å². The highest BCUT2D eigenvalue weighted by molar-refractivity contribution is 7.47. The van der Waals surface area contributed by atoms with Gasteiger partial charge < -0.3 is 18.9 Å². The number of hydrogen-bond acceptors (Lipinski definition) is 6. The molecule has 0 radical (unpaired) electrons. The van der Waals surface area contributed by atoms with Crippen molar-refractivity contribution < 1.29 is 37.3 Å². The van der Waals surface area contributed by atoms with Gasteiger partial charge in [0.2, 0.25) is 0 Å². The van der Waals surface area contributed by atoms with E-state index in [2.05, 4.69) is 19.9 Å². The van der Waals surface area contributed by atoms with Crippen LogP contribution in [0.4, 0.5) is 0 Å². The molecule has 0 saturated heterocycles. The molecule has 2 atom stereocenters. The van der Waals surface area contributed by atoms with Crippen LogP contribution in [0.3, 0.4) is 0 Å². The first-order valence-electron chi connectivity index (χ1n) is 25.5. The van der Waals surface area contributed by atoms with Gasteiger partial charge in [-0.05, 0) is 31.8 Å². The van der Waals surface area contributed by atoms with E-state index in [0.29, 0.717) is 11.0 Å². The van der Waals surface area contributed by atoms with Crippen LogP contribution in [-0.2, 0) is 27.9 Å². The van der Waals surface area contributed by atoms with Crippen LogP contribution in [0.1, 0.15) is 226 Å². The zero-order valence-corrected chi connectivity index (χ0v) is 41.5. The SMILES string of the molecule is CCCCCCCCCCCCCCCC=CC=CC=CC(=O)O[C@H](COC=CCCCCCCCCCCCCCCCCCCCC)COP(=O)(O)OCC[N+](C)(C)C. The molecular formula is C52H99NO7P+. The van der Waals surface area contributed by atoms with Crippen molar-refractivity contribution in [3.8, 4) is 0 Å². The molecule has 0 aromatic heterocycles. The fraction of sp³-hybridized carbons (Fsp3) is 0.827. The van der Waals surface area contributed by atoms with Crippen molar-refractivity contribution in [2.75, 3.05) is 47.5 Å². The zero-order chi connectivity index (χ0) is 44.8. The molecule has 9 heteroatoms. The highest BCUT2D eigenvalue weighted by atomic mass is 31.2. The lowest BCUT2D eigenvalue weighted by Gasteiger charge is -2.24. The summed E-state index contributed by atoms with van der Waals surface area (Å²) in [4.78, 5) is 22.8. The lowest BCUT2D eigenvalue weighted by Crippen LogP contribution is -2.37. The van der Waals surface area contributed by atoms with Crippen molar-refractivity contribution in [3.63, 3.8) is 0 Å². The monoisotopic (exact) mass is 881 g/mol. The quantitative estimate of drug-likeness (QED) is 0.0124. The van der Waals surface area contributed by atoms with Crippen molar-refractivity contribution in [2.45, 2.75) is 232 Å². The predicted octanol–water partition coefficient (Wildman–Crippen LogP) is 15.8. The van der Waals surface area contributed by atoms with Gasteiger partial charge >= 0.3 is 13.8 Å². The number of carbonyl (C=O) groups excluding carboxylic acids is 1. The maximum atomic E-state index is 12.6. The highest BCUT2D eigenvalue weighted by Crippen LogP contribution is 2.43. The van der Waals surface area contributed by atoms with Crippen LogP contribution in [0, 0.1) is 0 Å². The molecule has 0 aliphatic rings. The smallest absolute Gasteiger partial charge is 0.472 e. The Hall–Kier alpha value is -1.70. The van der Waals surface area contributed by atoms with E-state index in [1.807, 2.05) is 39.4 Å². The van der Waals surface area contributed by atoms with Gasteiger partial charge in [0.05, 0.1) is 34.0 Å². The summed E-state index contributed by atoms with van der Waals surface area (Å²) >= 11 is 0. The number of esters is 1. The van der Waals surface area contributed by atoms with E-state index in [4.69, 9.17) is 18.5 Å². The molecule has 358 valence electrons. The summed E-state index contributed by atoms with van der Waals surface area (Å²) in [5, 5.41) is 0. The van der Waals surface area contributed by atoms with Gasteiger partial charge in [-0.1, -0.05) is 230 Å². The first kappa shape index (κ1) is 59.3. The minimum absolute atomic E-state index is 0.00808. The van der Waals surface area contributed by atoms with Gasteiger partial charge in [-0.25, -0.2) is 9.36 Å². The number of hydrogen-bond donors (Lipinski definition) is 1. The van der Waals surface area contributed by atoms with E-state index in [1.54, 1.807) is 18.4 Å². The number of allylic oxidation sites excluding steroid dienone is 6. The van der Waals surface area contributed by atoms with Crippen molar-refractivity contribution in [2.24, 2.45) is 0 Å². The third kappa shape index (κ3) is 49.2. The molecule has 0 heterocycles. The molecule has 61 heavy (non-hydrogen) atoms. The lowest BCUT2D eigenvalue weighted by molar-refractivity contribution is -0.870. The van der Waals surface area contributed by atoms with Gasteiger partial charge in [-0.15, -0.1) is 0 Å². The summed E-state index contributed by atoms with van der Waals surface area (Å²) in [5.74, 6) is -0.584. The second-order valence-electron chi connectivity index (χ2n) is 18.4. The van der Waals surface area contributed by atoms with Gasteiger partial charge in [0.25, 0.3) is 0 Å². The van der Waals surface area contributed by atoms with E-state index in [9.17, 15) is 14.3 Å². The standard InChI is InChI=1S/C52H98NO7P/c1-6-8-10-12-14-16-18-20-22-24-26-28-30-32-34-36-38-40-42-44-47-57-49-51(50-59-61(55,56)58-48-46-53(3,4)5)60-52(54)45-43-41-39-37-35-33-31-29-27-25-23-21-19-17-15-13-11-9-7-2/h35,37,39,41,43-45,47,51H,6-34,36,38,40,42,46,48-50H2,1-5H3/p+1/t51-/m1/s1. The number of quaternary nitrogens is 1. The summed E-state index contributed by atoms with van der Waals surface area (Å²) < 4.78 is 34.6. The van der Waals surface area contributed by atoms with Gasteiger partial charge in [0.15, 0.2) is 6.10 Å². The molecule has 8 nitrogen and oxygen atoms in total. The first-order chi connectivity index (χ1) is 29.6. The van der Waals surface area contributed by atoms with Gasteiger partial charge in [-0.3, -0.25) is 9.05 Å². The number of carbonyl (C=O) groups is 1. The van der Waals surface area contributed by atoms with Crippen molar-refractivity contribution >= 4 is 13.8 Å². The summed E-state index contributed by atoms with van der Waals surface area (Å²) in [6.07, 6.45) is 57.6. The average molecular weight is 881 g/mol. The Labute approximate surface area is 378 Å². The Morgan fingerprint density at radius 1 is 0.525 bits per heavy atom. The maximum absolute atomic E-state index is 12.6. The summed E-state index contributed by atoms with van der Waals surface area (Å²) in [7, 11) is 1.57. The summed E-state index contributed by atoms with van der Waals surface area (Å²) in [6.45, 7) is 4.81. The van der Waals surface area contributed by atoms with E-state index < -0.39 is 19.9 Å². The van der Waals surface area contributed by atoms with E-state index in [1.165, 1.54) is 199 Å². The molecule has 0 amide bonds. The number of phosphoric ester groups is 1. The molecule has 0 aliphatic heterocycles. The number of likely N-dealkylation sites (N-methyl/N-ethyl adjacent to an activating group) is 1. The summed E-state index contributed by atoms with van der Waals surface area (Å²) in [5.41, 5.74) is 0. The molecule has 1 N–H and O–H groups in total. The minimum atomic E-state index is -4.33. The number of unbranched alkanes of at least 4 members (excludes halogenated alkanes) is 31. The molecule has 0 spiro atoms. The van der Waals surface area contributed by atoms with E-state index >= 15 is 0 Å². The Morgan fingerprint density at radius 2 is 0.918 bits per heavy atom. The van der Waals surface area contributed by atoms with E-state index in [0.717, 1.165) is 19.3 Å². The zero-order valence-electron chi connectivity index (χ0n) is 40.7. The van der Waals surface area contributed by atoms with Crippen LogP contribution in [0.25, 0.3) is 0 Å². The minimum Gasteiger partial charge on any atom is -0.498 e. The normalized spacial score (nSPS) is 13.9. The van der Waals surface area contributed by atoms with Gasteiger partial charge in [0.1, 0.15) is 19.8 Å². The predicted molar refractivity (Wildman–Crippen MR) is 261 cm³/mol. The number of rotatable bonds is 47. The largest absolute Gasteiger partial charge is 0.498 e. The molecule has 0 bridgehead atoms. The van der Waals surface area contributed by atoms with Crippen LogP contribution >= 0.6 is 7.82 Å². The maximum Gasteiger partial charge on any atom is 0.472 e. The van der Waals surface area contributed by atoms with Crippen LogP contribution in [0.5, 0.6) is 0 Å². The lowest BCUT2D eigenvalue weighted by atomic mass is 10.0.